The van der Waals surface area contributed by atoms with E-state index < -0.39 is 21.4 Å². The second-order valence-corrected chi connectivity index (χ2v) is 8.16. The van der Waals surface area contributed by atoms with Crippen LogP contribution < -0.4 is 9.62 Å². The van der Waals surface area contributed by atoms with E-state index in [2.05, 4.69) is 14.7 Å². The summed E-state index contributed by atoms with van der Waals surface area (Å²) in [5.74, 6) is 0.0844. The third kappa shape index (κ3) is 3.78. The zero-order chi connectivity index (χ0) is 16.5. The van der Waals surface area contributed by atoms with Crippen molar-refractivity contribution in [1.82, 2.24) is 14.7 Å². The fourth-order valence-electron chi connectivity index (χ4n) is 3.23. The van der Waals surface area contributed by atoms with Crippen molar-refractivity contribution in [1.29, 1.82) is 0 Å². The van der Waals surface area contributed by atoms with Crippen LogP contribution in [0.25, 0.3) is 0 Å². The lowest BCUT2D eigenvalue weighted by molar-refractivity contribution is -0.0706. The van der Waals surface area contributed by atoms with Crippen LogP contribution in [0.2, 0.25) is 0 Å². The molecule has 128 valence electrons. The van der Waals surface area contributed by atoms with Crippen molar-refractivity contribution in [3.05, 3.63) is 18.2 Å². The normalized spacial score (nSPS) is 28.4. The van der Waals surface area contributed by atoms with E-state index in [4.69, 9.17) is 4.74 Å². The number of halogens is 1. The average molecular weight is 344 g/mol. The van der Waals surface area contributed by atoms with Gasteiger partial charge in [0.1, 0.15) is 0 Å². The molecule has 2 fully saturated rings. The van der Waals surface area contributed by atoms with Gasteiger partial charge >= 0.3 is 0 Å². The van der Waals surface area contributed by atoms with Gasteiger partial charge in [0.05, 0.1) is 23.7 Å². The predicted octanol–water partition coefficient (Wildman–Crippen LogP) is 0.683. The number of aromatic nitrogens is 2. The van der Waals surface area contributed by atoms with Crippen LogP contribution in [0.4, 0.5) is 10.3 Å². The summed E-state index contributed by atoms with van der Waals surface area (Å²) in [7, 11) is -3.22. The number of nitrogens with zero attached hydrogens (tertiary/aromatic N) is 3. The van der Waals surface area contributed by atoms with Crippen LogP contribution in [0.3, 0.4) is 0 Å². The van der Waals surface area contributed by atoms with Crippen molar-refractivity contribution in [2.24, 2.45) is 0 Å². The van der Waals surface area contributed by atoms with Crippen molar-refractivity contribution >= 4 is 16.0 Å². The van der Waals surface area contributed by atoms with E-state index >= 15 is 0 Å². The first-order chi connectivity index (χ1) is 10.9. The summed E-state index contributed by atoms with van der Waals surface area (Å²) in [5, 5.41) is 0. The zero-order valence-corrected chi connectivity index (χ0v) is 13.9. The maximum Gasteiger partial charge on any atom is 0.225 e. The highest BCUT2D eigenvalue weighted by Crippen LogP contribution is 2.35. The Morgan fingerprint density at radius 3 is 2.91 bits per heavy atom. The molecule has 3 heterocycles. The molecule has 2 aliphatic heterocycles. The molecule has 2 saturated heterocycles. The fraction of sp³-hybridized carbons (Fsp3) is 0.714. The van der Waals surface area contributed by atoms with Crippen molar-refractivity contribution in [2.75, 3.05) is 30.3 Å². The number of ether oxygens (including phenoxy) is 1. The van der Waals surface area contributed by atoms with Crippen molar-refractivity contribution in [2.45, 2.75) is 37.8 Å². The summed E-state index contributed by atoms with van der Waals surface area (Å²) in [5.41, 5.74) is -0.392. The smallest absolute Gasteiger partial charge is 0.225 e. The first-order valence-electron chi connectivity index (χ1n) is 7.78. The number of sulfonamides is 1. The van der Waals surface area contributed by atoms with E-state index in [9.17, 15) is 12.8 Å². The van der Waals surface area contributed by atoms with Gasteiger partial charge in [-0.1, -0.05) is 0 Å². The Labute approximate surface area is 135 Å². The SMILES string of the molecule is CCS(=O)(=O)N[C@@H]1CCO[C@]2(CCN(c3ncc(F)cn3)C2)C1. The molecule has 1 aromatic heterocycles. The van der Waals surface area contributed by atoms with Crippen molar-refractivity contribution in [3.8, 4) is 0 Å². The van der Waals surface area contributed by atoms with Crippen LogP contribution in [0.5, 0.6) is 0 Å². The van der Waals surface area contributed by atoms with Crippen LogP contribution in [0, 0.1) is 5.82 Å². The molecule has 7 nitrogen and oxygen atoms in total. The molecule has 1 aromatic rings. The molecular weight excluding hydrogens is 323 g/mol. The zero-order valence-electron chi connectivity index (χ0n) is 13.0. The van der Waals surface area contributed by atoms with Gasteiger partial charge in [0.15, 0.2) is 5.82 Å². The third-order valence-electron chi connectivity index (χ3n) is 4.43. The summed E-state index contributed by atoms with van der Waals surface area (Å²) < 4.78 is 45.2. The molecule has 2 aliphatic rings. The number of nitrogens with one attached hydrogen (secondary N) is 1. The lowest BCUT2D eigenvalue weighted by Crippen LogP contribution is -2.50. The molecule has 0 bridgehead atoms. The highest BCUT2D eigenvalue weighted by molar-refractivity contribution is 7.89. The molecule has 9 heteroatoms. The van der Waals surface area contributed by atoms with Gasteiger partial charge in [-0.25, -0.2) is 27.5 Å². The van der Waals surface area contributed by atoms with Gasteiger partial charge in [-0.15, -0.1) is 0 Å². The minimum absolute atomic E-state index is 0.0763. The maximum atomic E-state index is 12.9. The summed E-state index contributed by atoms with van der Waals surface area (Å²) >= 11 is 0. The molecule has 0 aliphatic carbocycles. The fourth-order valence-corrected chi connectivity index (χ4v) is 4.11. The first-order valence-corrected chi connectivity index (χ1v) is 9.43. The van der Waals surface area contributed by atoms with Crippen LogP contribution in [-0.4, -0.2) is 55.5 Å². The number of anilines is 1. The van der Waals surface area contributed by atoms with E-state index in [0.717, 1.165) is 18.8 Å². The van der Waals surface area contributed by atoms with Gasteiger partial charge in [0, 0.05) is 25.7 Å². The highest BCUT2D eigenvalue weighted by Gasteiger charge is 2.44. The van der Waals surface area contributed by atoms with Gasteiger partial charge in [-0.3, -0.25) is 0 Å². The largest absolute Gasteiger partial charge is 0.373 e. The Morgan fingerprint density at radius 1 is 1.48 bits per heavy atom. The van der Waals surface area contributed by atoms with Crippen molar-refractivity contribution in [3.63, 3.8) is 0 Å². The highest BCUT2D eigenvalue weighted by atomic mass is 32.2. The molecule has 1 spiro atoms. The van der Waals surface area contributed by atoms with E-state index in [0.29, 0.717) is 38.5 Å². The number of hydrogen-bond donors (Lipinski definition) is 1. The lowest BCUT2D eigenvalue weighted by Gasteiger charge is -2.38. The Morgan fingerprint density at radius 2 is 2.22 bits per heavy atom. The minimum atomic E-state index is -3.22. The van der Waals surface area contributed by atoms with Gasteiger partial charge in [0.25, 0.3) is 0 Å². The molecule has 0 amide bonds. The van der Waals surface area contributed by atoms with Gasteiger partial charge < -0.3 is 9.64 Å². The summed E-state index contributed by atoms with van der Waals surface area (Å²) in [6, 6.07) is -0.109. The van der Waals surface area contributed by atoms with Crippen LogP contribution >= 0.6 is 0 Å². The van der Waals surface area contributed by atoms with E-state index in [-0.39, 0.29) is 11.8 Å². The lowest BCUT2D eigenvalue weighted by atomic mass is 9.90. The quantitative estimate of drug-likeness (QED) is 0.865. The van der Waals surface area contributed by atoms with Gasteiger partial charge in [-0.2, -0.15) is 0 Å². The van der Waals surface area contributed by atoms with E-state index in [1.165, 1.54) is 0 Å². The first kappa shape index (κ1) is 16.5. The maximum absolute atomic E-state index is 12.9. The predicted molar refractivity (Wildman–Crippen MR) is 83.1 cm³/mol. The molecular formula is C14H21FN4O3S. The minimum Gasteiger partial charge on any atom is -0.373 e. The summed E-state index contributed by atoms with van der Waals surface area (Å²) in [6.45, 7) is 3.44. The molecule has 2 atom stereocenters. The van der Waals surface area contributed by atoms with Crippen LogP contribution in [0.15, 0.2) is 12.4 Å². The molecule has 3 rings (SSSR count). The number of hydrogen-bond acceptors (Lipinski definition) is 6. The average Bonchev–Trinajstić information content (AvgIpc) is 2.91. The summed E-state index contributed by atoms with van der Waals surface area (Å²) in [6.07, 6.45) is 4.37. The Kier molecular flexibility index (Phi) is 4.52. The third-order valence-corrected chi connectivity index (χ3v) is 5.88. The Balaban J connectivity index is 1.67. The Bertz CT molecular complexity index is 654. The molecule has 1 N–H and O–H groups in total. The molecule has 0 saturated carbocycles. The van der Waals surface area contributed by atoms with Crippen LogP contribution in [0.1, 0.15) is 26.2 Å². The van der Waals surface area contributed by atoms with Gasteiger partial charge in [0.2, 0.25) is 16.0 Å². The number of rotatable bonds is 4. The molecule has 23 heavy (non-hydrogen) atoms. The van der Waals surface area contributed by atoms with Crippen LogP contribution in [-0.2, 0) is 14.8 Å². The molecule has 0 unspecified atom stereocenters. The second-order valence-electron chi connectivity index (χ2n) is 6.12. The van der Waals surface area contributed by atoms with E-state index in [1.54, 1.807) is 6.92 Å². The molecule has 0 aromatic carbocycles. The monoisotopic (exact) mass is 344 g/mol. The topological polar surface area (TPSA) is 84.4 Å². The van der Waals surface area contributed by atoms with Gasteiger partial charge in [-0.05, 0) is 26.2 Å². The second kappa shape index (κ2) is 6.29. The summed E-state index contributed by atoms with van der Waals surface area (Å²) in [4.78, 5) is 9.96. The Hall–Kier alpha value is -1.32. The van der Waals surface area contributed by atoms with Crippen molar-refractivity contribution < 1.29 is 17.5 Å². The van der Waals surface area contributed by atoms with E-state index in [1.807, 2.05) is 4.90 Å². The standard InChI is InChI=1S/C14H21FN4O3S/c1-2-23(20,21)18-12-3-6-22-14(7-12)4-5-19(10-14)13-16-8-11(15)9-17-13/h8-9,12,18H,2-7,10H2,1H3/t12-,14-/m1/s1. The molecule has 0 radical (unpaired) electrons.